The fourth-order valence-electron chi connectivity index (χ4n) is 1.98. The second-order valence-electron chi connectivity index (χ2n) is 5.44. The lowest BCUT2D eigenvalue weighted by Crippen LogP contribution is -2.25. The molecule has 2 rings (SSSR count). The van der Waals surface area contributed by atoms with E-state index in [1.165, 1.54) is 26.2 Å². The highest BCUT2D eigenvalue weighted by molar-refractivity contribution is 7.89. The molecular weight excluding hydrogens is 356 g/mol. The summed E-state index contributed by atoms with van der Waals surface area (Å²) in [6.07, 6.45) is 0. The molecule has 0 heterocycles. The number of benzene rings is 2. The molecule has 6 nitrogen and oxygen atoms in total. The maximum atomic E-state index is 12.2. The average Bonchev–Trinajstić information content (AvgIpc) is 2.60. The minimum atomic E-state index is -3.49. The SMILES string of the molecule is CC(=NNC(=S)Nc1cccc(S(=O)(=O)N(C)C)c1)c1ccccc1. The van der Waals surface area contributed by atoms with E-state index >= 15 is 0 Å². The van der Waals surface area contributed by atoms with Gasteiger partial charge in [-0.15, -0.1) is 0 Å². The summed E-state index contributed by atoms with van der Waals surface area (Å²) in [7, 11) is -0.517. The molecule has 0 fully saturated rings. The van der Waals surface area contributed by atoms with Gasteiger partial charge in [-0.05, 0) is 42.9 Å². The molecule has 2 aromatic carbocycles. The molecule has 0 saturated carbocycles. The van der Waals surface area contributed by atoms with E-state index in [9.17, 15) is 8.42 Å². The molecule has 0 amide bonds. The zero-order chi connectivity index (χ0) is 18.4. The second-order valence-corrected chi connectivity index (χ2v) is 8.00. The number of hydrogen-bond donors (Lipinski definition) is 2. The monoisotopic (exact) mass is 376 g/mol. The normalized spacial score (nSPS) is 12.1. The number of thiocarbonyl (C=S) groups is 1. The molecule has 2 N–H and O–H groups in total. The number of anilines is 1. The van der Waals surface area contributed by atoms with Crippen LogP contribution in [0.4, 0.5) is 5.69 Å². The van der Waals surface area contributed by atoms with Crippen molar-refractivity contribution in [3.05, 3.63) is 60.2 Å². The Kier molecular flexibility index (Phi) is 6.24. The van der Waals surface area contributed by atoms with Gasteiger partial charge in [0, 0.05) is 19.8 Å². The third-order valence-electron chi connectivity index (χ3n) is 3.39. The largest absolute Gasteiger partial charge is 0.331 e. The highest BCUT2D eigenvalue weighted by atomic mass is 32.2. The van der Waals surface area contributed by atoms with Crippen LogP contribution in [0.25, 0.3) is 0 Å². The summed E-state index contributed by atoms with van der Waals surface area (Å²) in [6, 6.07) is 16.1. The van der Waals surface area contributed by atoms with Gasteiger partial charge in [-0.3, -0.25) is 5.43 Å². The molecular formula is C17H20N4O2S2. The molecule has 2 aromatic rings. The maximum absolute atomic E-state index is 12.2. The van der Waals surface area contributed by atoms with Crippen LogP contribution < -0.4 is 10.7 Å². The zero-order valence-corrected chi connectivity index (χ0v) is 15.9. The van der Waals surface area contributed by atoms with E-state index in [0.29, 0.717) is 5.69 Å². The summed E-state index contributed by atoms with van der Waals surface area (Å²) in [6.45, 7) is 1.87. The Labute approximate surface area is 153 Å². The van der Waals surface area contributed by atoms with Gasteiger partial charge in [0.2, 0.25) is 10.0 Å². The van der Waals surface area contributed by atoms with Crippen molar-refractivity contribution in [2.24, 2.45) is 5.10 Å². The quantitative estimate of drug-likeness (QED) is 0.477. The van der Waals surface area contributed by atoms with Crippen molar-refractivity contribution in [3.8, 4) is 0 Å². The molecule has 0 aliphatic rings. The summed E-state index contributed by atoms with van der Waals surface area (Å²) in [5.41, 5.74) is 5.09. The van der Waals surface area contributed by atoms with Gasteiger partial charge in [-0.25, -0.2) is 12.7 Å². The van der Waals surface area contributed by atoms with Crippen LogP contribution in [0.15, 0.2) is 64.6 Å². The van der Waals surface area contributed by atoms with Gasteiger partial charge in [0.15, 0.2) is 5.11 Å². The van der Waals surface area contributed by atoms with Crippen molar-refractivity contribution in [1.82, 2.24) is 9.73 Å². The molecule has 132 valence electrons. The second kappa shape index (κ2) is 8.19. The lowest BCUT2D eigenvalue weighted by atomic mass is 10.1. The lowest BCUT2D eigenvalue weighted by Gasteiger charge is -2.13. The zero-order valence-electron chi connectivity index (χ0n) is 14.2. The first-order chi connectivity index (χ1) is 11.8. The van der Waals surface area contributed by atoms with E-state index in [2.05, 4.69) is 15.8 Å². The van der Waals surface area contributed by atoms with Crippen LogP contribution in [0.5, 0.6) is 0 Å². The molecule has 0 aromatic heterocycles. The highest BCUT2D eigenvalue weighted by Crippen LogP contribution is 2.17. The molecule has 0 bridgehead atoms. The summed E-state index contributed by atoms with van der Waals surface area (Å²) in [5, 5.41) is 7.43. The first kappa shape index (κ1) is 19.0. The molecule has 0 atom stereocenters. The van der Waals surface area contributed by atoms with Gasteiger partial charge in [-0.1, -0.05) is 36.4 Å². The first-order valence-electron chi connectivity index (χ1n) is 7.50. The van der Waals surface area contributed by atoms with Crippen molar-refractivity contribution < 1.29 is 8.42 Å². The third kappa shape index (κ3) is 5.09. The number of hydrazone groups is 1. The average molecular weight is 377 g/mol. The Morgan fingerprint density at radius 3 is 2.40 bits per heavy atom. The van der Waals surface area contributed by atoms with Crippen LogP contribution in [0.3, 0.4) is 0 Å². The van der Waals surface area contributed by atoms with E-state index in [1.807, 2.05) is 37.3 Å². The first-order valence-corrected chi connectivity index (χ1v) is 9.35. The molecule has 8 heteroatoms. The predicted octanol–water partition coefficient (Wildman–Crippen LogP) is 2.65. The van der Waals surface area contributed by atoms with Gasteiger partial charge in [-0.2, -0.15) is 5.10 Å². The summed E-state index contributed by atoms with van der Waals surface area (Å²) >= 11 is 5.20. The third-order valence-corrected chi connectivity index (χ3v) is 5.39. The van der Waals surface area contributed by atoms with Crippen LogP contribution in [0, 0.1) is 0 Å². The number of nitrogens with one attached hydrogen (secondary N) is 2. The van der Waals surface area contributed by atoms with Crippen molar-refractivity contribution in [3.63, 3.8) is 0 Å². The van der Waals surface area contributed by atoms with Crippen molar-refractivity contribution in [2.45, 2.75) is 11.8 Å². The molecule has 0 radical (unpaired) electrons. The van der Waals surface area contributed by atoms with E-state index in [-0.39, 0.29) is 10.0 Å². The van der Waals surface area contributed by atoms with Crippen molar-refractivity contribution >= 4 is 38.8 Å². The Hall–Kier alpha value is -2.29. The van der Waals surface area contributed by atoms with Gasteiger partial charge in [0.1, 0.15) is 0 Å². The predicted molar refractivity (Wildman–Crippen MR) is 105 cm³/mol. The number of nitrogens with zero attached hydrogens (tertiary/aromatic N) is 2. The van der Waals surface area contributed by atoms with Crippen LogP contribution in [-0.4, -0.2) is 37.6 Å². The lowest BCUT2D eigenvalue weighted by molar-refractivity contribution is 0.521. The van der Waals surface area contributed by atoms with Gasteiger partial charge < -0.3 is 5.32 Å². The standard InChI is InChI=1S/C17H20N4O2S2/c1-13(14-8-5-4-6-9-14)19-20-17(24)18-15-10-7-11-16(12-15)25(22,23)21(2)3/h4-12H,1-3H3,(H2,18,20,24). The minimum Gasteiger partial charge on any atom is -0.331 e. The number of sulfonamides is 1. The van der Waals surface area contributed by atoms with Crippen LogP contribution >= 0.6 is 12.2 Å². The molecule has 0 saturated heterocycles. The molecule has 0 aliphatic heterocycles. The van der Waals surface area contributed by atoms with E-state index in [4.69, 9.17) is 12.2 Å². The van der Waals surface area contributed by atoms with Crippen LogP contribution in [0.1, 0.15) is 12.5 Å². The van der Waals surface area contributed by atoms with Gasteiger partial charge in [0.05, 0.1) is 10.6 Å². The van der Waals surface area contributed by atoms with Gasteiger partial charge >= 0.3 is 0 Å². The van der Waals surface area contributed by atoms with E-state index in [0.717, 1.165) is 15.6 Å². The van der Waals surface area contributed by atoms with Crippen molar-refractivity contribution in [1.29, 1.82) is 0 Å². The minimum absolute atomic E-state index is 0.189. The maximum Gasteiger partial charge on any atom is 0.242 e. The summed E-state index contributed by atoms with van der Waals surface area (Å²) < 4.78 is 25.5. The molecule has 0 aliphatic carbocycles. The Bertz CT molecular complexity index is 879. The molecule has 0 unspecified atom stereocenters. The molecule has 0 spiro atoms. The smallest absolute Gasteiger partial charge is 0.242 e. The van der Waals surface area contributed by atoms with Crippen LogP contribution in [0.2, 0.25) is 0 Å². The Morgan fingerprint density at radius 1 is 1.08 bits per heavy atom. The summed E-state index contributed by atoms with van der Waals surface area (Å²) in [5.74, 6) is 0. The Morgan fingerprint density at radius 2 is 1.76 bits per heavy atom. The topological polar surface area (TPSA) is 73.8 Å². The Balaban J connectivity index is 2.06. The number of hydrogen-bond acceptors (Lipinski definition) is 4. The summed E-state index contributed by atoms with van der Waals surface area (Å²) in [4.78, 5) is 0.189. The fraction of sp³-hybridized carbons (Fsp3) is 0.176. The van der Waals surface area contributed by atoms with Gasteiger partial charge in [0.25, 0.3) is 0 Å². The fourth-order valence-corrected chi connectivity index (χ4v) is 3.09. The van der Waals surface area contributed by atoms with E-state index < -0.39 is 10.0 Å². The van der Waals surface area contributed by atoms with Crippen LogP contribution in [-0.2, 0) is 10.0 Å². The van der Waals surface area contributed by atoms with Crippen molar-refractivity contribution in [2.75, 3.05) is 19.4 Å². The highest BCUT2D eigenvalue weighted by Gasteiger charge is 2.17. The molecule has 25 heavy (non-hydrogen) atoms. The number of rotatable bonds is 5. The van der Waals surface area contributed by atoms with E-state index in [1.54, 1.807) is 12.1 Å².